The van der Waals surface area contributed by atoms with E-state index in [4.69, 9.17) is 4.99 Å². The Balaban J connectivity index is 1.96. The molecule has 1 saturated heterocycles. The monoisotopic (exact) mass is 395 g/mol. The third-order valence-corrected chi connectivity index (χ3v) is 5.73. The summed E-state index contributed by atoms with van der Waals surface area (Å²) in [6.45, 7) is 5.22. The van der Waals surface area contributed by atoms with E-state index in [1.807, 2.05) is 30.3 Å². The maximum absolute atomic E-state index is 11.6. The van der Waals surface area contributed by atoms with Crippen LogP contribution in [0.3, 0.4) is 0 Å². The van der Waals surface area contributed by atoms with Crippen LogP contribution < -0.4 is 10.6 Å². The van der Waals surface area contributed by atoms with E-state index >= 15 is 0 Å². The van der Waals surface area contributed by atoms with Gasteiger partial charge in [-0.1, -0.05) is 0 Å². The van der Waals surface area contributed by atoms with Crippen molar-refractivity contribution in [3.8, 4) is 0 Å². The first-order valence-corrected chi connectivity index (χ1v) is 11.0. The molecule has 27 heavy (non-hydrogen) atoms. The number of thioether (sulfide) groups is 1. The van der Waals surface area contributed by atoms with Gasteiger partial charge in [-0.15, -0.1) is 10.2 Å². The van der Waals surface area contributed by atoms with E-state index in [0.29, 0.717) is 18.9 Å². The number of aryl methyl sites for hydroxylation is 1. The van der Waals surface area contributed by atoms with Crippen molar-refractivity contribution in [1.29, 1.82) is 0 Å². The van der Waals surface area contributed by atoms with Crippen LogP contribution in [0, 0.1) is 12.8 Å². The number of rotatable bonds is 8. The third-order valence-electron chi connectivity index (χ3n) is 5.03. The van der Waals surface area contributed by atoms with Crippen molar-refractivity contribution in [3.63, 3.8) is 0 Å². The molecule has 0 unspecified atom stereocenters. The zero-order chi connectivity index (χ0) is 19.6. The zero-order valence-electron chi connectivity index (χ0n) is 17.0. The first-order chi connectivity index (χ1) is 13.0. The molecule has 1 fully saturated rings. The number of carbonyl (C=O) groups is 1. The number of hydrogen-bond acceptors (Lipinski definition) is 5. The van der Waals surface area contributed by atoms with E-state index in [9.17, 15) is 4.79 Å². The standard InChI is InChI=1S/C18H33N7OS/c1-14-22-23-16(24(14)3)13-21-18(20-8-5-11-27-4)25-9-6-15(7-10-25)12-17(26)19-2/h15H,5-13H2,1-4H3,(H,19,26)(H,20,21). The van der Waals surface area contributed by atoms with Crippen LogP contribution in [0.4, 0.5) is 0 Å². The Morgan fingerprint density at radius 1 is 1.33 bits per heavy atom. The van der Waals surface area contributed by atoms with Crippen molar-refractivity contribution in [2.75, 3.05) is 38.7 Å². The highest BCUT2D eigenvalue weighted by Gasteiger charge is 2.23. The maximum Gasteiger partial charge on any atom is 0.220 e. The lowest BCUT2D eigenvalue weighted by atomic mass is 9.93. The molecule has 1 amide bonds. The fraction of sp³-hybridized carbons (Fsp3) is 0.778. The molecule has 0 radical (unpaired) electrons. The number of carbonyl (C=O) groups excluding carboxylic acids is 1. The summed E-state index contributed by atoms with van der Waals surface area (Å²) in [5.74, 6) is 4.43. The molecule has 152 valence electrons. The van der Waals surface area contributed by atoms with Gasteiger partial charge in [-0.25, -0.2) is 4.99 Å². The number of piperidine rings is 1. The molecule has 0 saturated carbocycles. The van der Waals surface area contributed by atoms with Crippen molar-refractivity contribution >= 4 is 23.6 Å². The fourth-order valence-electron chi connectivity index (χ4n) is 3.13. The molecule has 9 heteroatoms. The van der Waals surface area contributed by atoms with E-state index in [1.54, 1.807) is 7.05 Å². The summed E-state index contributed by atoms with van der Waals surface area (Å²) in [6, 6.07) is 0. The van der Waals surface area contributed by atoms with E-state index in [2.05, 4.69) is 32.0 Å². The summed E-state index contributed by atoms with van der Waals surface area (Å²) in [5.41, 5.74) is 0. The van der Waals surface area contributed by atoms with E-state index in [0.717, 1.165) is 62.3 Å². The normalized spacial score (nSPS) is 15.9. The third kappa shape index (κ3) is 6.71. The molecule has 0 spiro atoms. The smallest absolute Gasteiger partial charge is 0.220 e. The summed E-state index contributed by atoms with van der Waals surface area (Å²) in [5, 5.41) is 14.6. The summed E-state index contributed by atoms with van der Waals surface area (Å²) >= 11 is 1.86. The average Bonchev–Trinajstić information content (AvgIpc) is 3.00. The van der Waals surface area contributed by atoms with Gasteiger partial charge in [0.15, 0.2) is 11.8 Å². The summed E-state index contributed by atoms with van der Waals surface area (Å²) in [7, 11) is 3.67. The molecule has 1 aromatic heterocycles. The quantitative estimate of drug-likeness (QED) is 0.390. The van der Waals surface area contributed by atoms with Crippen molar-refractivity contribution in [2.45, 2.75) is 39.2 Å². The maximum atomic E-state index is 11.6. The van der Waals surface area contributed by atoms with Gasteiger partial charge in [0, 0.05) is 40.2 Å². The molecule has 0 aromatic carbocycles. The Morgan fingerprint density at radius 2 is 2.07 bits per heavy atom. The van der Waals surface area contributed by atoms with Crippen molar-refractivity contribution in [3.05, 3.63) is 11.6 Å². The Labute approximate surface area is 166 Å². The van der Waals surface area contributed by atoms with Gasteiger partial charge in [-0.3, -0.25) is 4.79 Å². The van der Waals surface area contributed by atoms with Crippen LogP contribution in [0.1, 0.15) is 37.3 Å². The van der Waals surface area contributed by atoms with Gasteiger partial charge in [0.05, 0.1) is 0 Å². The molecule has 8 nitrogen and oxygen atoms in total. The molecule has 2 N–H and O–H groups in total. The van der Waals surface area contributed by atoms with E-state index in [-0.39, 0.29) is 5.91 Å². The number of amides is 1. The number of aliphatic imine (C=N–C) groups is 1. The molecule has 1 aliphatic rings. The summed E-state index contributed by atoms with van der Waals surface area (Å²) in [6.07, 6.45) is 5.89. The molecule has 0 bridgehead atoms. The summed E-state index contributed by atoms with van der Waals surface area (Å²) in [4.78, 5) is 18.7. The van der Waals surface area contributed by atoms with Crippen molar-refractivity contribution in [2.24, 2.45) is 18.0 Å². The SMILES string of the molecule is CNC(=O)CC1CCN(C(=NCc2nnc(C)n2C)NCCCSC)CC1. The van der Waals surface area contributed by atoms with E-state index in [1.165, 1.54) is 0 Å². The fourth-order valence-corrected chi connectivity index (χ4v) is 3.56. The Morgan fingerprint density at radius 3 is 2.67 bits per heavy atom. The van der Waals surface area contributed by atoms with Gasteiger partial charge in [0.2, 0.25) is 5.91 Å². The van der Waals surface area contributed by atoms with Crippen LogP contribution in [0.15, 0.2) is 4.99 Å². The lowest BCUT2D eigenvalue weighted by Crippen LogP contribution is -2.46. The van der Waals surface area contributed by atoms with Crippen LogP contribution in [0.5, 0.6) is 0 Å². The van der Waals surface area contributed by atoms with Crippen LogP contribution in [-0.4, -0.2) is 70.2 Å². The molecule has 0 aliphatic carbocycles. The van der Waals surface area contributed by atoms with Gasteiger partial charge < -0.3 is 20.1 Å². The molecular formula is C18H33N7OS. The number of hydrogen-bond donors (Lipinski definition) is 2. The minimum absolute atomic E-state index is 0.134. The second-order valence-corrected chi connectivity index (χ2v) is 7.93. The predicted octanol–water partition coefficient (Wildman–Crippen LogP) is 1.17. The number of nitrogens with one attached hydrogen (secondary N) is 2. The molecular weight excluding hydrogens is 362 g/mol. The largest absolute Gasteiger partial charge is 0.359 e. The lowest BCUT2D eigenvalue weighted by Gasteiger charge is -2.34. The highest BCUT2D eigenvalue weighted by atomic mass is 32.2. The molecule has 1 aliphatic heterocycles. The van der Waals surface area contributed by atoms with Crippen LogP contribution in [0.2, 0.25) is 0 Å². The van der Waals surface area contributed by atoms with Crippen molar-refractivity contribution < 1.29 is 4.79 Å². The topological polar surface area (TPSA) is 87.4 Å². The number of likely N-dealkylation sites (tertiary alicyclic amines) is 1. The zero-order valence-corrected chi connectivity index (χ0v) is 17.8. The lowest BCUT2D eigenvalue weighted by molar-refractivity contribution is -0.121. The Hall–Kier alpha value is -1.77. The van der Waals surface area contributed by atoms with Gasteiger partial charge in [0.1, 0.15) is 12.4 Å². The van der Waals surface area contributed by atoms with Gasteiger partial charge in [-0.2, -0.15) is 11.8 Å². The highest BCUT2D eigenvalue weighted by Crippen LogP contribution is 2.20. The van der Waals surface area contributed by atoms with E-state index < -0.39 is 0 Å². The minimum Gasteiger partial charge on any atom is -0.359 e. The van der Waals surface area contributed by atoms with Crippen LogP contribution in [-0.2, 0) is 18.4 Å². The predicted molar refractivity (Wildman–Crippen MR) is 111 cm³/mol. The number of guanidine groups is 1. The Bertz CT molecular complexity index is 623. The molecule has 1 aromatic rings. The summed E-state index contributed by atoms with van der Waals surface area (Å²) < 4.78 is 1.98. The number of aromatic nitrogens is 3. The second-order valence-electron chi connectivity index (χ2n) is 6.94. The highest BCUT2D eigenvalue weighted by molar-refractivity contribution is 7.98. The minimum atomic E-state index is 0.134. The number of nitrogens with zero attached hydrogens (tertiary/aromatic N) is 5. The van der Waals surface area contributed by atoms with Crippen LogP contribution in [0.25, 0.3) is 0 Å². The molecule has 2 heterocycles. The average molecular weight is 396 g/mol. The first-order valence-electron chi connectivity index (χ1n) is 9.62. The van der Waals surface area contributed by atoms with Gasteiger partial charge in [0.25, 0.3) is 0 Å². The van der Waals surface area contributed by atoms with Crippen molar-refractivity contribution in [1.82, 2.24) is 30.3 Å². The van der Waals surface area contributed by atoms with Crippen LogP contribution >= 0.6 is 11.8 Å². The Kier molecular flexibility index (Phi) is 8.90. The van der Waals surface area contributed by atoms with Gasteiger partial charge in [-0.05, 0) is 44.1 Å². The second kappa shape index (κ2) is 11.2. The van der Waals surface area contributed by atoms with Gasteiger partial charge >= 0.3 is 0 Å². The molecule has 2 rings (SSSR count). The molecule has 0 atom stereocenters. The first kappa shape index (κ1) is 21.5.